The van der Waals surface area contributed by atoms with Crippen LogP contribution in [0.5, 0.6) is 17.2 Å². The van der Waals surface area contributed by atoms with Gasteiger partial charge < -0.3 is 14.2 Å². The first-order chi connectivity index (χ1) is 17.7. The Bertz CT molecular complexity index is 1230. The number of hydrogen-bond acceptors (Lipinski definition) is 6. The van der Waals surface area contributed by atoms with Gasteiger partial charge in [-0.05, 0) is 84.5 Å². The Hall–Kier alpha value is -4.13. The van der Waals surface area contributed by atoms with Crippen LogP contribution in [0.3, 0.4) is 0 Å². The van der Waals surface area contributed by atoms with Crippen molar-refractivity contribution in [3.63, 3.8) is 0 Å². The molecule has 0 aromatic heterocycles. The highest BCUT2D eigenvalue weighted by molar-refractivity contribution is 5.95. The van der Waals surface area contributed by atoms with Crippen LogP contribution in [0, 0.1) is 0 Å². The summed E-state index contributed by atoms with van der Waals surface area (Å²) < 4.78 is 16.8. The molecule has 3 rings (SSSR count). The maximum absolute atomic E-state index is 12.6. The van der Waals surface area contributed by atoms with E-state index in [-0.39, 0.29) is 11.3 Å². The van der Waals surface area contributed by atoms with Gasteiger partial charge in [0.1, 0.15) is 5.75 Å². The molecule has 0 saturated carbocycles. The van der Waals surface area contributed by atoms with Crippen LogP contribution < -0.4 is 19.6 Å². The fraction of sp³-hybridized carbons (Fsp3) is 0.300. The third-order valence-corrected chi connectivity index (χ3v) is 5.43. The average Bonchev–Trinajstić information content (AvgIpc) is 2.88. The van der Waals surface area contributed by atoms with E-state index in [2.05, 4.69) is 31.3 Å². The van der Waals surface area contributed by atoms with Gasteiger partial charge >= 0.3 is 5.97 Å². The van der Waals surface area contributed by atoms with E-state index in [0.717, 1.165) is 12.0 Å². The molecular weight excluding hydrogens is 468 g/mol. The topological polar surface area (TPSA) is 86.2 Å². The SMILES string of the molecule is CCCOc1ccc(C(=O)Oc2ccc(/C=N\NC(=O)c3ccc(C(C)(C)C)cc3)cc2OCC)cc1. The first-order valence-electron chi connectivity index (χ1n) is 12.4. The molecule has 0 spiro atoms. The Morgan fingerprint density at radius 1 is 0.865 bits per heavy atom. The number of rotatable bonds is 10. The minimum atomic E-state index is -0.505. The number of carbonyl (C=O) groups is 2. The van der Waals surface area contributed by atoms with Crippen molar-refractivity contribution in [3.05, 3.63) is 89.0 Å². The van der Waals surface area contributed by atoms with Crippen molar-refractivity contribution in [2.75, 3.05) is 13.2 Å². The van der Waals surface area contributed by atoms with Gasteiger partial charge in [-0.25, -0.2) is 10.2 Å². The van der Waals surface area contributed by atoms with Crippen LogP contribution in [0.15, 0.2) is 71.8 Å². The summed E-state index contributed by atoms with van der Waals surface area (Å²) in [6, 6.07) is 19.3. The molecule has 0 aliphatic rings. The zero-order valence-corrected chi connectivity index (χ0v) is 22.0. The molecule has 0 unspecified atom stereocenters. The van der Waals surface area contributed by atoms with Gasteiger partial charge in [0, 0.05) is 5.56 Å². The third kappa shape index (κ3) is 7.93. The predicted octanol–water partition coefficient (Wildman–Crippen LogP) is 6.15. The minimum Gasteiger partial charge on any atom is -0.494 e. The quantitative estimate of drug-likeness (QED) is 0.155. The molecule has 7 nitrogen and oxygen atoms in total. The van der Waals surface area contributed by atoms with E-state index >= 15 is 0 Å². The molecule has 3 aromatic rings. The molecule has 7 heteroatoms. The van der Waals surface area contributed by atoms with Crippen LogP contribution in [0.1, 0.15) is 72.9 Å². The number of carbonyl (C=O) groups excluding carboxylic acids is 2. The van der Waals surface area contributed by atoms with E-state index in [4.69, 9.17) is 14.2 Å². The molecule has 37 heavy (non-hydrogen) atoms. The molecule has 0 aliphatic heterocycles. The average molecular weight is 503 g/mol. The fourth-order valence-corrected chi connectivity index (χ4v) is 3.38. The summed E-state index contributed by atoms with van der Waals surface area (Å²) in [5.41, 5.74) is 5.29. The van der Waals surface area contributed by atoms with E-state index in [1.54, 1.807) is 54.6 Å². The summed E-state index contributed by atoms with van der Waals surface area (Å²) in [6.45, 7) is 11.2. The Labute approximate surface area is 218 Å². The largest absolute Gasteiger partial charge is 0.494 e. The highest BCUT2D eigenvalue weighted by Crippen LogP contribution is 2.29. The summed E-state index contributed by atoms with van der Waals surface area (Å²) in [7, 11) is 0. The molecule has 0 radical (unpaired) electrons. The van der Waals surface area contributed by atoms with Gasteiger partial charge in [-0.2, -0.15) is 5.10 Å². The maximum Gasteiger partial charge on any atom is 0.343 e. The van der Waals surface area contributed by atoms with Gasteiger partial charge in [-0.3, -0.25) is 4.79 Å². The maximum atomic E-state index is 12.6. The van der Waals surface area contributed by atoms with E-state index in [1.807, 2.05) is 26.0 Å². The zero-order valence-electron chi connectivity index (χ0n) is 22.0. The lowest BCUT2D eigenvalue weighted by atomic mass is 9.87. The number of esters is 1. The number of nitrogens with zero attached hydrogens (tertiary/aromatic N) is 1. The number of ether oxygens (including phenoxy) is 3. The second-order valence-electron chi connectivity index (χ2n) is 9.43. The summed E-state index contributed by atoms with van der Waals surface area (Å²) in [4.78, 5) is 25.1. The van der Waals surface area contributed by atoms with Crippen molar-refractivity contribution >= 4 is 18.1 Å². The van der Waals surface area contributed by atoms with Crippen molar-refractivity contribution in [2.45, 2.75) is 46.5 Å². The molecule has 1 amide bonds. The number of hydrazone groups is 1. The first-order valence-corrected chi connectivity index (χ1v) is 12.4. The fourth-order valence-electron chi connectivity index (χ4n) is 3.38. The highest BCUT2D eigenvalue weighted by Gasteiger charge is 2.15. The van der Waals surface area contributed by atoms with Gasteiger partial charge in [0.2, 0.25) is 0 Å². The van der Waals surface area contributed by atoms with Gasteiger partial charge in [0.25, 0.3) is 5.91 Å². The molecule has 0 saturated heterocycles. The van der Waals surface area contributed by atoms with Gasteiger partial charge in [0.05, 0.1) is 25.0 Å². The van der Waals surface area contributed by atoms with Crippen LogP contribution in [-0.4, -0.2) is 31.3 Å². The number of benzene rings is 3. The van der Waals surface area contributed by atoms with Gasteiger partial charge in [-0.15, -0.1) is 0 Å². The summed E-state index contributed by atoms with van der Waals surface area (Å²) in [5, 5.41) is 4.06. The zero-order chi connectivity index (χ0) is 26.8. The molecule has 1 N–H and O–H groups in total. The molecule has 3 aromatic carbocycles. The molecule has 0 atom stereocenters. The Kier molecular flexibility index (Phi) is 9.44. The van der Waals surface area contributed by atoms with E-state index in [9.17, 15) is 9.59 Å². The van der Waals surface area contributed by atoms with Crippen LogP contribution >= 0.6 is 0 Å². The number of hydrogen-bond donors (Lipinski definition) is 1. The van der Waals surface area contributed by atoms with E-state index in [1.165, 1.54) is 6.21 Å². The molecule has 194 valence electrons. The van der Waals surface area contributed by atoms with Crippen LogP contribution in [0.25, 0.3) is 0 Å². The Morgan fingerprint density at radius 2 is 1.54 bits per heavy atom. The summed E-state index contributed by atoms with van der Waals surface area (Å²) in [6.07, 6.45) is 2.41. The predicted molar refractivity (Wildman–Crippen MR) is 145 cm³/mol. The molecule has 0 fully saturated rings. The van der Waals surface area contributed by atoms with Crippen LogP contribution in [-0.2, 0) is 5.41 Å². The lowest BCUT2D eigenvalue weighted by Gasteiger charge is -2.18. The second kappa shape index (κ2) is 12.7. The second-order valence-corrected chi connectivity index (χ2v) is 9.43. The molecule has 0 heterocycles. The first kappa shape index (κ1) is 27.5. The van der Waals surface area contributed by atoms with Crippen LogP contribution in [0.2, 0.25) is 0 Å². The van der Waals surface area contributed by atoms with E-state index < -0.39 is 5.97 Å². The normalized spacial score (nSPS) is 11.3. The Balaban J connectivity index is 1.65. The van der Waals surface area contributed by atoms with Crippen molar-refractivity contribution in [1.82, 2.24) is 5.43 Å². The minimum absolute atomic E-state index is 0.0136. The third-order valence-electron chi connectivity index (χ3n) is 5.43. The van der Waals surface area contributed by atoms with Crippen molar-refractivity contribution in [3.8, 4) is 17.2 Å². The van der Waals surface area contributed by atoms with E-state index in [0.29, 0.717) is 47.2 Å². The van der Waals surface area contributed by atoms with Gasteiger partial charge in [-0.1, -0.05) is 39.8 Å². The standard InChI is InChI=1S/C30H34N2O5/c1-6-18-36-25-15-11-23(12-16-25)29(34)37-26-17-8-21(19-27(26)35-7-2)20-31-32-28(33)22-9-13-24(14-10-22)30(3,4)5/h8-17,19-20H,6-7,18H2,1-5H3,(H,32,33)/b31-20-. The van der Waals surface area contributed by atoms with Crippen molar-refractivity contribution in [1.29, 1.82) is 0 Å². The summed E-state index contributed by atoms with van der Waals surface area (Å²) in [5.74, 6) is 0.573. The number of nitrogens with one attached hydrogen (secondary N) is 1. The van der Waals surface area contributed by atoms with Crippen molar-refractivity contribution < 1.29 is 23.8 Å². The lowest BCUT2D eigenvalue weighted by Crippen LogP contribution is -2.18. The molecule has 0 bridgehead atoms. The van der Waals surface area contributed by atoms with Gasteiger partial charge in [0.15, 0.2) is 11.5 Å². The summed E-state index contributed by atoms with van der Waals surface area (Å²) >= 11 is 0. The smallest absolute Gasteiger partial charge is 0.343 e. The highest BCUT2D eigenvalue weighted by atomic mass is 16.6. The number of amides is 1. The monoisotopic (exact) mass is 502 g/mol. The molecular formula is C30H34N2O5. The molecule has 0 aliphatic carbocycles. The lowest BCUT2D eigenvalue weighted by molar-refractivity contribution is 0.0728. The van der Waals surface area contributed by atoms with Crippen LogP contribution in [0.4, 0.5) is 0 Å². The van der Waals surface area contributed by atoms with Crippen molar-refractivity contribution in [2.24, 2.45) is 5.10 Å². The Morgan fingerprint density at radius 3 is 2.16 bits per heavy atom.